The van der Waals surface area contributed by atoms with Gasteiger partial charge in [0.1, 0.15) is 16.9 Å². The second kappa shape index (κ2) is 11.6. The highest BCUT2D eigenvalue weighted by Crippen LogP contribution is 2.62. The average molecular weight is 629 g/mol. The van der Waals surface area contributed by atoms with Crippen molar-refractivity contribution in [2.24, 2.45) is 5.92 Å². The Bertz CT molecular complexity index is 1800. The molecule has 0 bridgehead atoms. The number of rotatable bonds is 7. The smallest absolute Gasteiger partial charge is 0.355 e. The van der Waals surface area contributed by atoms with Gasteiger partial charge in [-0.3, -0.25) is 9.59 Å². The van der Waals surface area contributed by atoms with Gasteiger partial charge in [-0.1, -0.05) is 49.2 Å². The summed E-state index contributed by atoms with van der Waals surface area (Å²) in [6.45, 7) is 2.28. The number of halogens is 2. The number of nitrogens with zero attached hydrogens (tertiary/aromatic N) is 2. The number of hydrogen-bond donors (Lipinski definition) is 0. The summed E-state index contributed by atoms with van der Waals surface area (Å²) in [5.74, 6) is -5.27. The van der Waals surface area contributed by atoms with E-state index in [1.807, 2.05) is 19.1 Å². The number of ketones is 1. The number of Topliss-reactive ketones (excluding diaryl/α,β-unsaturated/α-hetero) is 1. The largest absolute Gasteiger partial charge is 0.466 e. The maximum Gasteiger partial charge on any atom is 0.355 e. The van der Waals surface area contributed by atoms with Gasteiger partial charge in [0, 0.05) is 29.0 Å². The van der Waals surface area contributed by atoms with E-state index in [0.29, 0.717) is 29.2 Å². The summed E-state index contributed by atoms with van der Waals surface area (Å²) in [5.41, 5.74) is -0.354. The molecule has 6 rings (SSSR count). The van der Waals surface area contributed by atoms with Gasteiger partial charge in [0.25, 0.3) is 0 Å². The zero-order chi connectivity index (χ0) is 32.0. The first-order valence-electron chi connectivity index (χ1n) is 14.6. The Hall–Kier alpha value is -4.76. The summed E-state index contributed by atoms with van der Waals surface area (Å²) in [6, 6.07) is 16.3. The maximum atomic E-state index is 15.4. The number of fused-ring (bicyclic) bond motifs is 6. The number of carbonyl (C=O) groups is 4. The summed E-state index contributed by atoms with van der Waals surface area (Å²) in [6.07, 6.45) is 4.74. The van der Waals surface area contributed by atoms with Crippen molar-refractivity contribution in [2.75, 3.05) is 25.7 Å². The minimum atomic E-state index is -1.91. The number of esters is 2. The van der Waals surface area contributed by atoms with Crippen molar-refractivity contribution in [1.29, 1.82) is 0 Å². The fourth-order valence-electron chi connectivity index (χ4n) is 7.00. The lowest BCUT2D eigenvalue weighted by molar-refractivity contribution is -0.144. The molecule has 3 aromatic carbocycles. The highest BCUT2D eigenvalue weighted by atomic mass is 35.5. The van der Waals surface area contributed by atoms with E-state index in [-0.39, 0.29) is 22.4 Å². The van der Waals surface area contributed by atoms with Crippen molar-refractivity contribution in [1.82, 2.24) is 4.90 Å². The molecular formula is C35H30ClFN2O6. The molecule has 0 aromatic heterocycles. The highest BCUT2D eigenvalue weighted by Gasteiger charge is 2.69. The van der Waals surface area contributed by atoms with Crippen LogP contribution < -0.4 is 4.90 Å². The second-order valence-corrected chi connectivity index (χ2v) is 11.6. The molecule has 0 N–H and O–H groups in total. The van der Waals surface area contributed by atoms with Gasteiger partial charge in [0.2, 0.25) is 5.91 Å². The number of benzene rings is 3. The van der Waals surface area contributed by atoms with Crippen molar-refractivity contribution >= 4 is 47.0 Å². The lowest BCUT2D eigenvalue weighted by Crippen LogP contribution is -2.61. The lowest BCUT2D eigenvalue weighted by Gasteiger charge is -2.52. The Morgan fingerprint density at radius 2 is 1.69 bits per heavy atom. The third-order valence-corrected chi connectivity index (χ3v) is 9.13. The molecule has 3 aliphatic rings. The van der Waals surface area contributed by atoms with E-state index in [2.05, 4.69) is 0 Å². The van der Waals surface area contributed by atoms with Gasteiger partial charge in [-0.2, -0.15) is 0 Å². The minimum Gasteiger partial charge on any atom is -0.466 e. The van der Waals surface area contributed by atoms with Crippen molar-refractivity contribution in [2.45, 2.75) is 31.2 Å². The molecule has 0 saturated carbocycles. The normalized spacial score (nSPS) is 21.4. The number of unbranched alkanes of at least 4 members (excludes halogenated alkanes) is 1. The summed E-state index contributed by atoms with van der Waals surface area (Å²) in [4.78, 5) is 60.9. The second-order valence-electron chi connectivity index (χ2n) is 11.1. The standard InChI is InChI=1S/C35H30ClFN2O6/c1-4-5-17-38-26-15-14-23(37)19-25(26)35(34(38)43)28(30(40)21-10-12-22(36)13-11-21)27(32(41)44-2)29(33(42)45-3)39-18-16-20-8-6-7-9-24(20)31(35)39/h6-16,18-19,28,31H,4-5,17H2,1-3H3/t28?,31-,35+/m0/s1. The number of anilines is 1. The van der Waals surface area contributed by atoms with Gasteiger partial charge < -0.3 is 19.3 Å². The van der Waals surface area contributed by atoms with Crippen LogP contribution in [0, 0.1) is 11.7 Å². The molecule has 0 aliphatic carbocycles. The zero-order valence-corrected chi connectivity index (χ0v) is 25.6. The molecule has 3 aliphatic heterocycles. The van der Waals surface area contributed by atoms with E-state index in [1.54, 1.807) is 29.3 Å². The van der Waals surface area contributed by atoms with Crippen LogP contribution in [-0.2, 0) is 29.3 Å². The van der Waals surface area contributed by atoms with Crippen LogP contribution in [0.4, 0.5) is 10.1 Å². The molecule has 0 saturated heterocycles. The SMILES string of the molecule is CCCCN1C(=O)[C@]2(c3cc(F)ccc31)C(C(=O)c1ccc(Cl)cc1)C(C(=O)OC)=C(C(=O)OC)N1C=Cc3ccccc3[C@H]12. The first-order chi connectivity index (χ1) is 21.7. The van der Waals surface area contributed by atoms with Gasteiger partial charge in [0.15, 0.2) is 5.78 Å². The Morgan fingerprint density at radius 3 is 2.38 bits per heavy atom. The molecular weight excluding hydrogens is 599 g/mol. The minimum absolute atomic E-state index is 0.139. The van der Waals surface area contributed by atoms with Crippen LogP contribution in [0.2, 0.25) is 5.02 Å². The summed E-state index contributed by atoms with van der Waals surface area (Å²) < 4.78 is 25.8. The van der Waals surface area contributed by atoms with E-state index in [1.165, 1.54) is 54.5 Å². The number of carbonyl (C=O) groups excluding carboxylic acids is 4. The van der Waals surface area contributed by atoms with Crippen LogP contribution in [0.1, 0.15) is 52.9 Å². The zero-order valence-electron chi connectivity index (χ0n) is 24.9. The van der Waals surface area contributed by atoms with E-state index in [4.69, 9.17) is 21.1 Å². The van der Waals surface area contributed by atoms with Crippen LogP contribution in [0.15, 0.2) is 84.2 Å². The van der Waals surface area contributed by atoms with Gasteiger partial charge in [-0.05, 0) is 71.7 Å². The molecule has 3 aromatic rings. The Kier molecular flexibility index (Phi) is 7.82. The fraction of sp³-hybridized carbons (Fsp3) is 0.257. The van der Waals surface area contributed by atoms with Crippen molar-refractivity contribution in [3.05, 3.63) is 117 Å². The number of amides is 1. The number of ether oxygens (including phenoxy) is 2. The molecule has 45 heavy (non-hydrogen) atoms. The Balaban J connectivity index is 1.80. The van der Waals surface area contributed by atoms with Crippen LogP contribution in [-0.4, -0.2) is 49.3 Å². The molecule has 1 amide bonds. The molecule has 230 valence electrons. The predicted molar refractivity (Wildman–Crippen MR) is 166 cm³/mol. The van der Waals surface area contributed by atoms with Gasteiger partial charge in [-0.15, -0.1) is 0 Å². The Morgan fingerprint density at radius 1 is 0.978 bits per heavy atom. The molecule has 1 unspecified atom stereocenters. The van der Waals surface area contributed by atoms with Crippen molar-refractivity contribution in [3.63, 3.8) is 0 Å². The van der Waals surface area contributed by atoms with Gasteiger partial charge in [0.05, 0.1) is 31.8 Å². The molecule has 0 radical (unpaired) electrons. The monoisotopic (exact) mass is 628 g/mol. The Labute approximate surface area is 264 Å². The van der Waals surface area contributed by atoms with Crippen molar-refractivity contribution < 1.29 is 33.0 Å². The van der Waals surface area contributed by atoms with Crippen LogP contribution in [0.5, 0.6) is 0 Å². The highest BCUT2D eigenvalue weighted by molar-refractivity contribution is 6.30. The first kappa shape index (κ1) is 30.3. The lowest BCUT2D eigenvalue weighted by atomic mass is 9.56. The summed E-state index contributed by atoms with van der Waals surface area (Å²) in [5, 5.41) is 0.372. The third kappa shape index (κ3) is 4.48. The fourth-order valence-corrected chi connectivity index (χ4v) is 7.12. The van der Waals surface area contributed by atoms with E-state index in [0.717, 1.165) is 19.1 Å². The van der Waals surface area contributed by atoms with Crippen molar-refractivity contribution in [3.8, 4) is 0 Å². The average Bonchev–Trinajstić information content (AvgIpc) is 3.28. The van der Waals surface area contributed by atoms with E-state index < -0.39 is 46.8 Å². The third-order valence-electron chi connectivity index (χ3n) is 8.88. The van der Waals surface area contributed by atoms with Crippen LogP contribution in [0.3, 0.4) is 0 Å². The summed E-state index contributed by atoms with van der Waals surface area (Å²) in [7, 11) is 2.30. The topological polar surface area (TPSA) is 93.2 Å². The van der Waals surface area contributed by atoms with Gasteiger partial charge in [-0.25, -0.2) is 14.0 Å². The summed E-state index contributed by atoms with van der Waals surface area (Å²) >= 11 is 6.16. The molecule has 0 fully saturated rings. The predicted octanol–water partition coefficient (Wildman–Crippen LogP) is 6.00. The molecule has 3 atom stereocenters. The quantitative estimate of drug-likeness (QED) is 0.234. The van der Waals surface area contributed by atoms with E-state index in [9.17, 15) is 14.4 Å². The molecule has 8 nitrogen and oxygen atoms in total. The molecule has 3 heterocycles. The van der Waals surface area contributed by atoms with Crippen LogP contribution >= 0.6 is 11.6 Å². The molecule has 1 spiro atoms. The maximum absolute atomic E-state index is 15.4. The van der Waals surface area contributed by atoms with E-state index >= 15 is 9.18 Å². The van der Waals surface area contributed by atoms with Gasteiger partial charge >= 0.3 is 11.9 Å². The number of hydrogen-bond acceptors (Lipinski definition) is 7. The molecule has 10 heteroatoms. The number of methoxy groups -OCH3 is 2. The van der Waals surface area contributed by atoms with Crippen LogP contribution in [0.25, 0.3) is 6.08 Å². The first-order valence-corrected chi connectivity index (χ1v) is 15.0.